The van der Waals surface area contributed by atoms with Gasteiger partial charge in [-0.2, -0.15) is 18.2 Å². The van der Waals surface area contributed by atoms with Crippen molar-refractivity contribution in [2.45, 2.75) is 64.0 Å². The van der Waals surface area contributed by atoms with Gasteiger partial charge >= 0.3 is 11.9 Å². The third-order valence-electron chi connectivity index (χ3n) is 9.55. The molecule has 2 aromatic carbocycles. The standard InChI is InChI=1S/C34H38F5N5O4/c1-5-28(45)42-13-21(4)43(14-20(42)3)32-26-11-19(2)29(25-9-8-22(35)12-27(25)36)31-30(26)44(33(46)40-32)23(17-48-31)7-6-10-41(18-34(37,38)39)24-15-47-16-24/h5,8-9,11-12,20-21,23-24H,1,6-7,10,13-18H2,2-4H3/t20-,21+,23-/m1/s1. The Kier molecular flexibility index (Phi) is 9.24. The van der Waals surface area contributed by atoms with Crippen LogP contribution in [0.1, 0.15) is 38.3 Å². The molecule has 0 N–H and O–H groups in total. The van der Waals surface area contributed by atoms with Gasteiger partial charge in [-0.05, 0) is 70.0 Å². The van der Waals surface area contributed by atoms with Crippen LogP contribution in [-0.4, -0.2) is 95.6 Å². The summed E-state index contributed by atoms with van der Waals surface area (Å²) >= 11 is 0. The predicted molar refractivity (Wildman–Crippen MR) is 170 cm³/mol. The van der Waals surface area contributed by atoms with Crippen LogP contribution < -0.4 is 15.3 Å². The molecule has 4 heterocycles. The molecule has 0 radical (unpaired) electrons. The number of alkyl halides is 3. The highest BCUT2D eigenvalue weighted by Crippen LogP contribution is 2.46. The number of hydrogen-bond donors (Lipinski definition) is 0. The lowest BCUT2D eigenvalue weighted by molar-refractivity contribution is -0.169. The van der Waals surface area contributed by atoms with Gasteiger partial charge in [0.15, 0.2) is 5.75 Å². The fourth-order valence-electron chi connectivity index (χ4n) is 7.11. The number of halogens is 5. The van der Waals surface area contributed by atoms with Crippen LogP contribution in [0.2, 0.25) is 0 Å². The van der Waals surface area contributed by atoms with Crippen molar-refractivity contribution in [3.8, 4) is 16.9 Å². The van der Waals surface area contributed by atoms with Crippen LogP contribution in [0.15, 0.2) is 41.7 Å². The van der Waals surface area contributed by atoms with E-state index >= 15 is 4.39 Å². The zero-order valence-corrected chi connectivity index (χ0v) is 27.0. The van der Waals surface area contributed by atoms with E-state index in [9.17, 15) is 27.2 Å². The smallest absolute Gasteiger partial charge is 0.401 e. The maximum absolute atomic E-state index is 15.2. The zero-order valence-electron chi connectivity index (χ0n) is 27.0. The number of ether oxygens (including phenoxy) is 2. The number of aromatic nitrogens is 2. The fourth-order valence-corrected chi connectivity index (χ4v) is 7.11. The van der Waals surface area contributed by atoms with Crippen LogP contribution in [0.5, 0.6) is 5.75 Å². The molecular formula is C34H38F5N5O4. The van der Waals surface area contributed by atoms with Crippen LogP contribution in [0.25, 0.3) is 22.0 Å². The maximum atomic E-state index is 15.2. The largest absolute Gasteiger partial charge is 0.489 e. The molecule has 48 heavy (non-hydrogen) atoms. The molecule has 3 aliphatic rings. The molecule has 6 rings (SSSR count). The van der Waals surface area contributed by atoms with Crippen LogP contribution >= 0.6 is 0 Å². The van der Waals surface area contributed by atoms with Gasteiger partial charge in [0.05, 0.1) is 37.4 Å². The average Bonchev–Trinajstić information content (AvgIpc) is 2.98. The number of nitrogens with zero attached hydrogens (tertiary/aromatic N) is 5. The SMILES string of the molecule is C=CC(=O)N1C[C@H](C)N(c2nc(=O)n3c4c(c(-c5ccc(F)cc5F)c(C)cc24)OC[C@H]3CCCN(CC(F)(F)F)C2COC2)C[C@H]1C. The van der Waals surface area contributed by atoms with Crippen molar-refractivity contribution in [3.63, 3.8) is 0 Å². The fraction of sp³-hybridized carbons (Fsp3) is 0.500. The van der Waals surface area contributed by atoms with E-state index in [1.165, 1.54) is 21.6 Å². The number of carbonyl (C=O) groups is 1. The number of rotatable bonds is 9. The Morgan fingerprint density at radius 2 is 1.88 bits per heavy atom. The summed E-state index contributed by atoms with van der Waals surface area (Å²) in [5.41, 5.74) is 0.889. The van der Waals surface area contributed by atoms with Gasteiger partial charge in [0.1, 0.15) is 24.1 Å². The Balaban J connectivity index is 1.43. The van der Waals surface area contributed by atoms with E-state index in [0.29, 0.717) is 53.8 Å². The highest BCUT2D eigenvalue weighted by Gasteiger charge is 2.38. The Morgan fingerprint density at radius 3 is 2.52 bits per heavy atom. The van der Waals surface area contributed by atoms with Crippen molar-refractivity contribution in [2.75, 3.05) is 50.9 Å². The molecule has 3 aromatic rings. The minimum absolute atomic E-state index is 0.00386. The summed E-state index contributed by atoms with van der Waals surface area (Å²) in [5, 5.41) is 0.575. The molecule has 3 aliphatic heterocycles. The Labute approximate surface area is 274 Å². The van der Waals surface area contributed by atoms with Crippen molar-refractivity contribution in [3.05, 3.63) is 64.6 Å². The Bertz CT molecular complexity index is 1790. The monoisotopic (exact) mass is 675 g/mol. The molecule has 1 aromatic heterocycles. The molecule has 1 amide bonds. The molecule has 14 heteroatoms. The normalized spacial score (nSPS) is 21.4. The molecule has 258 valence electrons. The van der Waals surface area contributed by atoms with Gasteiger partial charge in [0.2, 0.25) is 5.91 Å². The van der Waals surface area contributed by atoms with Crippen molar-refractivity contribution in [1.82, 2.24) is 19.4 Å². The third-order valence-corrected chi connectivity index (χ3v) is 9.55. The molecule has 2 saturated heterocycles. The lowest BCUT2D eigenvalue weighted by Gasteiger charge is -2.45. The van der Waals surface area contributed by atoms with Gasteiger partial charge in [-0.15, -0.1) is 0 Å². The van der Waals surface area contributed by atoms with Crippen molar-refractivity contribution in [2.24, 2.45) is 0 Å². The second-order valence-corrected chi connectivity index (χ2v) is 12.9. The lowest BCUT2D eigenvalue weighted by atomic mass is 9.94. The molecule has 0 saturated carbocycles. The molecule has 2 fully saturated rings. The molecule has 9 nitrogen and oxygen atoms in total. The second kappa shape index (κ2) is 13.1. The number of hydrogen-bond acceptors (Lipinski definition) is 7. The topological polar surface area (TPSA) is 80.1 Å². The third kappa shape index (κ3) is 6.39. The summed E-state index contributed by atoms with van der Waals surface area (Å²) in [6, 6.07) is 3.73. The summed E-state index contributed by atoms with van der Waals surface area (Å²) in [5.74, 6) is -1.09. The number of aryl methyl sites for hydroxylation is 1. The van der Waals surface area contributed by atoms with E-state index in [1.54, 1.807) is 17.9 Å². The minimum Gasteiger partial charge on any atom is -0.489 e. The van der Waals surface area contributed by atoms with Crippen molar-refractivity contribution < 1.29 is 36.2 Å². The van der Waals surface area contributed by atoms with Crippen LogP contribution in [0, 0.1) is 18.6 Å². The first-order valence-corrected chi connectivity index (χ1v) is 16.0. The highest BCUT2D eigenvalue weighted by atomic mass is 19.4. The first-order chi connectivity index (χ1) is 22.8. The average molecular weight is 676 g/mol. The van der Waals surface area contributed by atoms with Gasteiger partial charge < -0.3 is 19.3 Å². The molecule has 0 spiro atoms. The molecule has 3 atom stereocenters. The number of carbonyl (C=O) groups excluding carboxylic acids is 1. The van der Waals surface area contributed by atoms with Gasteiger partial charge in [-0.1, -0.05) is 6.58 Å². The lowest BCUT2D eigenvalue weighted by Crippen LogP contribution is -2.58. The molecule has 0 bridgehead atoms. The van der Waals surface area contributed by atoms with Crippen LogP contribution in [0.4, 0.5) is 27.8 Å². The number of benzene rings is 2. The van der Waals surface area contributed by atoms with E-state index in [4.69, 9.17) is 9.47 Å². The Morgan fingerprint density at radius 1 is 1.12 bits per heavy atom. The summed E-state index contributed by atoms with van der Waals surface area (Å²) in [4.78, 5) is 36.1. The summed E-state index contributed by atoms with van der Waals surface area (Å²) in [6.07, 6.45) is -2.44. The van der Waals surface area contributed by atoms with Crippen molar-refractivity contribution >= 4 is 22.6 Å². The number of piperazine rings is 1. The minimum atomic E-state index is -4.37. The van der Waals surface area contributed by atoms with E-state index in [2.05, 4.69) is 11.6 Å². The molecule has 0 unspecified atom stereocenters. The number of anilines is 1. The summed E-state index contributed by atoms with van der Waals surface area (Å²) < 4.78 is 82.1. The quantitative estimate of drug-likeness (QED) is 0.227. The maximum Gasteiger partial charge on any atom is 0.401 e. The summed E-state index contributed by atoms with van der Waals surface area (Å²) in [6.45, 7) is 9.49. The van der Waals surface area contributed by atoms with E-state index in [1.807, 2.05) is 18.7 Å². The van der Waals surface area contributed by atoms with Gasteiger partial charge in [0.25, 0.3) is 0 Å². The zero-order chi connectivity index (χ0) is 34.5. The number of amides is 1. The predicted octanol–water partition coefficient (Wildman–Crippen LogP) is 5.24. The van der Waals surface area contributed by atoms with Gasteiger partial charge in [0, 0.05) is 47.8 Å². The first-order valence-electron chi connectivity index (χ1n) is 16.0. The van der Waals surface area contributed by atoms with Gasteiger partial charge in [-0.3, -0.25) is 14.3 Å². The van der Waals surface area contributed by atoms with E-state index in [-0.39, 0.29) is 61.7 Å². The first kappa shape index (κ1) is 33.8. The van der Waals surface area contributed by atoms with Gasteiger partial charge in [-0.25, -0.2) is 13.6 Å². The summed E-state index contributed by atoms with van der Waals surface area (Å²) in [7, 11) is 0. The Hall–Kier alpha value is -4.04. The molecular weight excluding hydrogens is 637 g/mol. The van der Waals surface area contributed by atoms with Crippen LogP contribution in [0.3, 0.4) is 0 Å². The van der Waals surface area contributed by atoms with Crippen molar-refractivity contribution in [1.29, 1.82) is 0 Å². The second-order valence-electron chi connectivity index (χ2n) is 12.9. The highest BCUT2D eigenvalue weighted by molar-refractivity contribution is 6.00. The van der Waals surface area contributed by atoms with E-state index < -0.39 is 36.1 Å². The van der Waals surface area contributed by atoms with Crippen LogP contribution in [-0.2, 0) is 9.53 Å². The molecule has 0 aliphatic carbocycles. The van der Waals surface area contributed by atoms with E-state index in [0.717, 1.165) is 12.1 Å².